The van der Waals surface area contributed by atoms with Crippen LogP contribution >= 0.6 is 0 Å². The smallest absolute Gasteiger partial charge is 0.0711 e. The molecule has 0 amide bonds. The first-order valence-electron chi connectivity index (χ1n) is 8.12. The molecule has 4 rings (SSSR count). The number of para-hydroxylation sites is 1. The fourth-order valence-electron chi connectivity index (χ4n) is 3.78. The third-order valence-corrected chi connectivity index (χ3v) is 4.88. The van der Waals surface area contributed by atoms with Crippen molar-refractivity contribution in [2.45, 2.75) is 44.9 Å². The van der Waals surface area contributed by atoms with E-state index in [0.717, 1.165) is 5.52 Å². The summed E-state index contributed by atoms with van der Waals surface area (Å²) >= 11 is 0. The third-order valence-electron chi connectivity index (χ3n) is 4.88. The number of hydrogen-bond donors (Lipinski definition) is 0. The lowest BCUT2D eigenvalue weighted by Gasteiger charge is -2.23. The Hall–Kier alpha value is -1.89. The lowest BCUT2D eigenvalue weighted by Crippen LogP contribution is -2.07. The molecular formula is C20H21N. The van der Waals surface area contributed by atoms with Crippen LogP contribution in [0.2, 0.25) is 0 Å². The minimum absolute atomic E-state index is 0.646. The normalized spacial score (nSPS) is 16.6. The second-order valence-corrected chi connectivity index (χ2v) is 6.40. The fourth-order valence-corrected chi connectivity index (χ4v) is 3.78. The summed E-state index contributed by atoms with van der Waals surface area (Å²) < 4.78 is 0. The van der Waals surface area contributed by atoms with Gasteiger partial charge in [0.25, 0.3) is 0 Å². The molecule has 0 spiro atoms. The average Bonchev–Trinajstić information content (AvgIpc) is 2.54. The van der Waals surface area contributed by atoms with Gasteiger partial charge in [-0.2, -0.15) is 0 Å². The molecule has 1 saturated carbocycles. The SMILES string of the molecule is Cc1ccc2c(c1)c(C1CCCCC1)nc1ccccc12. The molecule has 1 aliphatic carbocycles. The van der Waals surface area contributed by atoms with Gasteiger partial charge >= 0.3 is 0 Å². The van der Waals surface area contributed by atoms with Crippen LogP contribution in [-0.4, -0.2) is 4.98 Å². The van der Waals surface area contributed by atoms with Crippen LogP contribution in [0.4, 0.5) is 0 Å². The van der Waals surface area contributed by atoms with Crippen molar-refractivity contribution in [3.63, 3.8) is 0 Å². The van der Waals surface area contributed by atoms with E-state index in [1.165, 1.54) is 59.5 Å². The first-order valence-corrected chi connectivity index (χ1v) is 8.12. The Kier molecular flexibility index (Phi) is 3.14. The van der Waals surface area contributed by atoms with Crippen LogP contribution in [0, 0.1) is 6.92 Å². The maximum Gasteiger partial charge on any atom is 0.0711 e. The number of rotatable bonds is 1. The summed E-state index contributed by atoms with van der Waals surface area (Å²) in [5.41, 5.74) is 3.82. The molecule has 3 aromatic rings. The van der Waals surface area contributed by atoms with Gasteiger partial charge in [-0.15, -0.1) is 0 Å². The van der Waals surface area contributed by atoms with Crippen LogP contribution in [-0.2, 0) is 0 Å². The Balaban J connectivity index is 2.03. The summed E-state index contributed by atoms with van der Waals surface area (Å²) in [6.07, 6.45) is 6.70. The van der Waals surface area contributed by atoms with Crippen LogP contribution < -0.4 is 0 Å². The van der Waals surface area contributed by atoms with Crippen LogP contribution in [0.25, 0.3) is 21.7 Å². The van der Waals surface area contributed by atoms with Crippen molar-refractivity contribution in [3.05, 3.63) is 53.7 Å². The average molecular weight is 275 g/mol. The topological polar surface area (TPSA) is 12.9 Å². The lowest BCUT2D eigenvalue weighted by atomic mass is 9.84. The highest BCUT2D eigenvalue weighted by atomic mass is 14.7. The molecule has 0 N–H and O–H groups in total. The van der Waals surface area contributed by atoms with Gasteiger partial charge < -0.3 is 0 Å². The van der Waals surface area contributed by atoms with Crippen LogP contribution in [0.5, 0.6) is 0 Å². The van der Waals surface area contributed by atoms with E-state index < -0.39 is 0 Å². The number of fused-ring (bicyclic) bond motifs is 3. The summed E-state index contributed by atoms with van der Waals surface area (Å²) in [5.74, 6) is 0.646. The quantitative estimate of drug-likeness (QED) is 0.516. The first kappa shape index (κ1) is 12.8. The zero-order valence-corrected chi connectivity index (χ0v) is 12.6. The van der Waals surface area contributed by atoms with Crippen molar-refractivity contribution in [2.75, 3.05) is 0 Å². The van der Waals surface area contributed by atoms with Crippen molar-refractivity contribution in [2.24, 2.45) is 0 Å². The van der Waals surface area contributed by atoms with Gasteiger partial charge in [0.15, 0.2) is 0 Å². The van der Waals surface area contributed by atoms with Gasteiger partial charge in [-0.25, -0.2) is 0 Å². The summed E-state index contributed by atoms with van der Waals surface area (Å²) in [6.45, 7) is 2.18. The second-order valence-electron chi connectivity index (χ2n) is 6.40. The molecule has 21 heavy (non-hydrogen) atoms. The second kappa shape index (κ2) is 5.14. The van der Waals surface area contributed by atoms with E-state index >= 15 is 0 Å². The summed E-state index contributed by atoms with van der Waals surface area (Å²) in [7, 11) is 0. The van der Waals surface area contributed by atoms with Gasteiger partial charge in [-0.3, -0.25) is 4.98 Å². The van der Waals surface area contributed by atoms with Gasteiger partial charge in [-0.1, -0.05) is 55.2 Å². The highest BCUT2D eigenvalue weighted by Gasteiger charge is 2.20. The maximum absolute atomic E-state index is 5.07. The summed E-state index contributed by atoms with van der Waals surface area (Å²) in [5, 5.41) is 4.03. The van der Waals surface area contributed by atoms with E-state index in [0.29, 0.717) is 5.92 Å². The van der Waals surface area contributed by atoms with Crippen molar-refractivity contribution in [1.29, 1.82) is 0 Å². The Bertz CT molecular complexity index is 797. The van der Waals surface area contributed by atoms with Gasteiger partial charge in [0.1, 0.15) is 0 Å². The number of aryl methyl sites for hydroxylation is 1. The number of nitrogens with zero attached hydrogens (tertiary/aromatic N) is 1. The molecule has 1 aliphatic rings. The zero-order valence-electron chi connectivity index (χ0n) is 12.6. The van der Waals surface area contributed by atoms with Gasteiger partial charge in [-0.05, 0) is 37.3 Å². The Labute approximate surface area is 126 Å². The molecule has 2 aromatic carbocycles. The Morgan fingerprint density at radius 2 is 1.67 bits per heavy atom. The van der Waals surface area contributed by atoms with E-state index in [-0.39, 0.29) is 0 Å². The predicted molar refractivity (Wildman–Crippen MR) is 89.8 cm³/mol. The minimum Gasteiger partial charge on any atom is -0.252 e. The van der Waals surface area contributed by atoms with Gasteiger partial charge in [0.2, 0.25) is 0 Å². The molecule has 0 bridgehead atoms. The molecule has 0 atom stereocenters. The van der Waals surface area contributed by atoms with Crippen molar-refractivity contribution in [3.8, 4) is 0 Å². The van der Waals surface area contributed by atoms with Gasteiger partial charge in [0.05, 0.1) is 11.2 Å². The number of hydrogen-bond acceptors (Lipinski definition) is 1. The summed E-state index contributed by atoms with van der Waals surface area (Å²) in [4.78, 5) is 5.07. The van der Waals surface area contributed by atoms with E-state index in [4.69, 9.17) is 4.98 Å². The summed E-state index contributed by atoms with van der Waals surface area (Å²) in [6, 6.07) is 15.4. The van der Waals surface area contributed by atoms with Crippen LogP contribution in [0.3, 0.4) is 0 Å². The predicted octanol–water partition coefficient (Wildman–Crippen LogP) is 5.74. The molecule has 1 fully saturated rings. The molecule has 0 radical (unpaired) electrons. The number of benzene rings is 2. The van der Waals surface area contributed by atoms with E-state index in [1.54, 1.807) is 0 Å². The number of pyridine rings is 1. The Morgan fingerprint density at radius 1 is 0.857 bits per heavy atom. The minimum atomic E-state index is 0.646. The zero-order chi connectivity index (χ0) is 14.2. The molecule has 0 unspecified atom stereocenters. The lowest BCUT2D eigenvalue weighted by molar-refractivity contribution is 0.439. The van der Waals surface area contributed by atoms with Crippen molar-refractivity contribution < 1.29 is 0 Å². The number of aromatic nitrogens is 1. The standard InChI is InChI=1S/C20H21N/c1-14-11-12-16-17-9-5-6-10-19(17)21-20(18(16)13-14)15-7-3-2-4-8-15/h5-6,9-13,15H,2-4,7-8H2,1H3. The largest absolute Gasteiger partial charge is 0.252 e. The molecule has 0 saturated heterocycles. The van der Waals surface area contributed by atoms with Crippen molar-refractivity contribution >= 4 is 21.7 Å². The monoisotopic (exact) mass is 275 g/mol. The van der Waals surface area contributed by atoms with E-state index in [2.05, 4.69) is 49.4 Å². The van der Waals surface area contributed by atoms with E-state index in [9.17, 15) is 0 Å². The van der Waals surface area contributed by atoms with Crippen LogP contribution in [0.1, 0.15) is 49.3 Å². The third kappa shape index (κ3) is 2.21. The molecule has 106 valence electrons. The molecule has 1 heteroatoms. The fraction of sp³-hybridized carbons (Fsp3) is 0.350. The van der Waals surface area contributed by atoms with Crippen LogP contribution in [0.15, 0.2) is 42.5 Å². The highest BCUT2D eigenvalue weighted by Crippen LogP contribution is 2.37. The maximum atomic E-state index is 5.07. The molecule has 1 heterocycles. The highest BCUT2D eigenvalue weighted by molar-refractivity contribution is 6.06. The van der Waals surface area contributed by atoms with Gasteiger partial charge in [0, 0.05) is 16.7 Å². The Morgan fingerprint density at radius 3 is 2.52 bits per heavy atom. The van der Waals surface area contributed by atoms with E-state index in [1.807, 2.05) is 0 Å². The first-order chi connectivity index (χ1) is 10.3. The molecule has 1 aromatic heterocycles. The molecular weight excluding hydrogens is 254 g/mol. The molecule has 0 aliphatic heterocycles. The van der Waals surface area contributed by atoms with Crippen molar-refractivity contribution in [1.82, 2.24) is 4.98 Å². The molecule has 1 nitrogen and oxygen atoms in total.